The van der Waals surface area contributed by atoms with Gasteiger partial charge in [-0.2, -0.15) is 8.42 Å². The van der Waals surface area contributed by atoms with Crippen molar-refractivity contribution in [3.63, 3.8) is 0 Å². The maximum absolute atomic E-state index is 12.0. The molecule has 23 heavy (non-hydrogen) atoms. The van der Waals surface area contributed by atoms with E-state index in [2.05, 4.69) is 0 Å². The van der Waals surface area contributed by atoms with Gasteiger partial charge in [0, 0.05) is 0 Å². The molecular formula is C17H28O5S. The van der Waals surface area contributed by atoms with Gasteiger partial charge in [-0.3, -0.25) is 4.18 Å². The molecule has 0 fully saturated rings. The van der Waals surface area contributed by atoms with Crippen LogP contribution in [0.3, 0.4) is 0 Å². The molecule has 0 aliphatic heterocycles. The van der Waals surface area contributed by atoms with E-state index in [1.54, 1.807) is 19.1 Å². The third kappa shape index (κ3) is 8.46. The number of aliphatic hydroxyl groups excluding tert-OH is 2. The minimum Gasteiger partial charge on any atom is -0.393 e. The van der Waals surface area contributed by atoms with Crippen molar-refractivity contribution in [2.45, 2.75) is 69.5 Å². The second-order valence-electron chi connectivity index (χ2n) is 6.05. The monoisotopic (exact) mass is 344 g/mol. The number of benzene rings is 1. The average Bonchev–Trinajstić information content (AvgIpc) is 2.49. The normalized spacial score (nSPS) is 14.6. The zero-order chi connectivity index (χ0) is 17.3. The second-order valence-corrected chi connectivity index (χ2v) is 7.66. The third-order valence-corrected chi connectivity index (χ3v) is 4.93. The summed E-state index contributed by atoms with van der Waals surface area (Å²) >= 11 is 0. The maximum Gasteiger partial charge on any atom is 0.297 e. The van der Waals surface area contributed by atoms with Gasteiger partial charge in [-0.05, 0) is 38.8 Å². The van der Waals surface area contributed by atoms with Crippen LogP contribution in [0.1, 0.15) is 51.0 Å². The van der Waals surface area contributed by atoms with Gasteiger partial charge < -0.3 is 10.2 Å². The summed E-state index contributed by atoms with van der Waals surface area (Å²) in [6.07, 6.45) is 3.99. The SMILES string of the molecule is Cc1ccc(S(=O)(=O)OCC(O)CCCCCC[C@H](C)O)cc1. The van der Waals surface area contributed by atoms with Crippen molar-refractivity contribution in [1.82, 2.24) is 0 Å². The minimum atomic E-state index is -3.81. The van der Waals surface area contributed by atoms with Crippen LogP contribution in [0.5, 0.6) is 0 Å². The zero-order valence-corrected chi connectivity index (χ0v) is 14.8. The fraction of sp³-hybridized carbons (Fsp3) is 0.647. The summed E-state index contributed by atoms with van der Waals surface area (Å²) in [6.45, 7) is 3.43. The van der Waals surface area contributed by atoms with E-state index in [1.165, 1.54) is 12.1 Å². The molecular weight excluding hydrogens is 316 g/mol. The first-order valence-corrected chi connectivity index (χ1v) is 9.54. The Kier molecular flexibility index (Phi) is 8.76. The van der Waals surface area contributed by atoms with Crippen LogP contribution in [0, 0.1) is 6.92 Å². The number of aryl methyl sites for hydroxylation is 1. The van der Waals surface area contributed by atoms with E-state index < -0.39 is 16.2 Å². The molecule has 2 atom stereocenters. The maximum atomic E-state index is 12.0. The molecule has 0 amide bonds. The largest absolute Gasteiger partial charge is 0.393 e. The van der Waals surface area contributed by atoms with E-state index in [1.807, 2.05) is 6.92 Å². The fourth-order valence-electron chi connectivity index (χ4n) is 2.20. The topological polar surface area (TPSA) is 83.8 Å². The number of unbranched alkanes of at least 4 members (excludes halogenated alkanes) is 3. The fourth-order valence-corrected chi connectivity index (χ4v) is 3.14. The summed E-state index contributed by atoms with van der Waals surface area (Å²) in [6, 6.07) is 6.41. The quantitative estimate of drug-likeness (QED) is 0.476. The number of hydrogen-bond donors (Lipinski definition) is 2. The summed E-state index contributed by atoms with van der Waals surface area (Å²) in [5.74, 6) is 0. The summed E-state index contributed by atoms with van der Waals surface area (Å²) in [5.41, 5.74) is 0.972. The Morgan fingerprint density at radius 1 is 1.00 bits per heavy atom. The van der Waals surface area contributed by atoms with Gasteiger partial charge in [0.15, 0.2) is 0 Å². The molecule has 0 spiro atoms. The Morgan fingerprint density at radius 3 is 2.13 bits per heavy atom. The lowest BCUT2D eigenvalue weighted by molar-refractivity contribution is 0.100. The van der Waals surface area contributed by atoms with Crippen molar-refractivity contribution >= 4 is 10.1 Å². The number of rotatable bonds is 11. The Labute approximate surface area is 139 Å². The summed E-state index contributed by atoms with van der Waals surface area (Å²) < 4.78 is 28.9. The van der Waals surface area contributed by atoms with Crippen LogP contribution in [0.25, 0.3) is 0 Å². The molecule has 0 aliphatic carbocycles. The highest BCUT2D eigenvalue weighted by molar-refractivity contribution is 7.86. The first-order chi connectivity index (χ1) is 10.8. The van der Waals surface area contributed by atoms with Gasteiger partial charge in [0.1, 0.15) is 0 Å². The third-order valence-electron chi connectivity index (χ3n) is 3.63. The minimum absolute atomic E-state index is 0.105. The average molecular weight is 344 g/mol. The summed E-state index contributed by atoms with van der Waals surface area (Å²) in [7, 11) is -3.81. The van der Waals surface area contributed by atoms with Gasteiger partial charge in [-0.25, -0.2) is 0 Å². The van der Waals surface area contributed by atoms with Crippen LogP contribution >= 0.6 is 0 Å². The molecule has 1 rings (SSSR count). The van der Waals surface area contributed by atoms with E-state index in [9.17, 15) is 13.5 Å². The molecule has 1 aromatic rings. The van der Waals surface area contributed by atoms with Crippen molar-refractivity contribution in [3.8, 4) is 0 Å². The van der Waals surface area contributed by atoms with E-state index in [4.69, 9.17) is 9.29 Å². The van der Waals surface area contributed by atoms with E-state index >= 15 is 0 Å². The smallest absolute Gasteiger partial charge is 0.297 e. The lowest BCUT2D eigenvalue weighted by Crippen LogP contribution is -2.19. The first kappa shape index (κ1) is 20.1. The molecule has 0 aliphatic rings. The van der Waals surface area contributed by atoms with E-state index in [-0.39, 0.29) is 17.6 Å². The van der Waals surface area contributed by atoms with Crippen LogP contribution in [0.4, 0.5) is 0 Å². The predicted octanol–water partition coefficient (Wildman–Crippen LogP) is 2.78. The molecule has 1 unspecified atom stereocenters. The Balaban J connectivity index is 2.24. The van der Waals surface area contributed by atoms with Crippen molar-refractivity contribution in [2.24, 2.45) is 0 Å². The van der Waals surface area contributed by atoms with Gasteiger partial charge >= 0.3 is 0 Å². The molecule has 0 aromatic heterocycles. The molecule has 0 bridgehead atoms. The highest BCUT2D eigenvalue weighted by Gasteiger charge is 2.17. The molecule has 5 nitrogen and oxygen atoms in total. The van der Waals surface area contributed by atoms with Crippen molar-refractivity contribution in [2.75, 3.05) is 6.61 Å². The number of aliphatic hydroxyl groups is 2. The molecule has 2 N–H and O–H groups in total. The lowest BCUT2D eigenvalue weighted by Gasteiger charge is -2.11. The summed E-state index contributed by atoms with van der Waals surface area (Å²) in [5, 5.41) is 19.0. The standard InChI is InChI=1S/C17H28O5S/c1-14-9-11-17(12-10-14)23(20,21)22-13-16(19)8-6-4-3-5-7-15(2)18/h9-12,15-16,18-19H,3-8,13H2,1-2H3/t15-,16?/m0/s1. The number of hydrogen-bond acceptors (Lipinski definition) is 5. The van der Waals surface area contributed by atoms with Gasteiger partial charge in [0.2, 0.25) is 0 Å². The van der Waals surface area contributed by atoms with Crippen molar-refractivity contribution < 1.29 is 22.8 Å². The van der Waals surface area contributed by atoms with Crippen LogP contribution < -0.4 is 0 Å². The zero-order valence-electron chi connectivity index (χ0n) is 13.9. The van der Waals surface area contributed by atoms with Crippen LogP contribution in [-0.2, 0) is 14.3 Å². The Bertz CT molecular complexity index is 537. The second kappa shape index (κ2) is 10.0. The Morgan fingerprint density at radius 2 is 1.57 bits per heavy atom. The van der Waals surface area contributed by atoms with E-state index in [0.29, 0.717) is 6.42 Å². The molecule has 0 saturated heterocycles. The van der Waals surface area contributed by atoms with Crippen LogP contribution in [0.15, 0.2) is 29.2 Å². The van der Waals surface area contributed by atoms with Gasteiger partial charge in [-0.15, -0.1) is 0 Å². The molecule has 0 radical (unpaired) electrons. The summed E-state index contributed by atoms with van der Waals surface area (Å²) in [4.78, 5) is 0.105. The lowest BCUT2D eigenvalue weighted by atomic mass is 10.1. The van der Waals surface area contributed by atoms with Crippen molar-refractivity contribution in [1.29, 1.82) is 0 Å². The van der Waals surface area contributed by atoms with Crippen LogP contribution in [-0.4, -0.2) is 37.4 Å². The van der Waals surface area contributed by atoms with Crippen molar-refractivity contribution in [3.05, 3.63) is 29.8 Å². The van der Waals surface area contributed by atoms with Gasteiger partial charge in [-0.1, -0.05) is 43.4 Å². The van der Waals surface area contributed by atoms with E-state index in [0.717, 1.165) is 37.7 Å². The Hall–Kier alpha value is -0.950. The van der Waals surface area contributed by atoms with Gasteiger partial charge in [0.05, 0.1) is 23.7 Å². The predicted molar refractivity (Wildman–Crippen MR) is 89.7 cm³/mol. The highest BCUT2D eigenvalue weighted by Crippen LogP contribution is 2.15. The molecule has 1 aromatic carbocycles. The van der Waals surface area contributed by atoms with Gasteiger partial charge in [0.25, 0.3) is 10.1 Å². The molecule has 132 valence electrons. The molecule has 6 heteroatoms. The first-order valence-electron chi connectivity index (χ1n) is 8.13. The molecule has 0 saturated carbocycles. The van der Waals surface area contributed by atoms with Crippen LogP contribution in [0.2, 0.25) is 0 Å². The highest BCUT2D eigenvalue weighted by atomic mass is 32.2. The molecule has 0 heterocycles.